The fourth-order valence-corrected chi connectivity index (χ4v) is 2.44. The molecule has 2 rings (SSSR count). The first-order valence-corrected chi connectivity index (χ1v) is 7.66. The van der Waals surface area contributed by atoms with Crippen molar-refractivity contribution in [1.29, 1.82) is 0 Å². The molecule has 0 saturated carbocycles. The molecule has 0 saturated heterocycles. The van der Waals surface area contributed by atoms with Gasteiger partial charge in [0, 0.05) is 30.9 Å². The highest BCUT2D eigenvalue weighted by Crippen LogP contribution is 2.22. The number of nitro groups is 1. The summed E-state index contributed by atoms with van der Waals surface area (Å²) in [5.41, 5.74) is 8.38. The largest absolute Gasteiger partial charge is 0.398 e. The van der Waals surface area contributed by atoms with Gasteiger partial charge in [0.2, 0.25) is 0 Å². The second-order valence-corrected chi connectivity index (χ2v) is 5.98. The minimum atomic E-state index is -0.536. The van der Waals surface area contributed by atoms with Gasteiger partial charge in [0.05, 0.1) is 10.5 Å². The topological polar surface area (TPSA) is 89.5 Å². The van der Waals surface area contributed by atoms with Crippen molar-refractivity contribution in [2.24, 2.45) is 0 Å². The third-order valence-electron chi connectivity index (χ3n) is 4.11. The summed E-state index contributed by atoms with van der Waals surface area (Å²) >= 11 is 0. The summed E-state index contributed by atoms with van der Waals surface area (Å²) in [5, 5.41) is 10.9. The molecule has 0 heterocycles. The number of amides is 1. The van der Waals surface area contributed by atoms with Gasteiger partial charge in [-0.05, 0) is 31.9 Å². The first-order chi connectivity index (χ1) is 11.3. The van der Waals surface area contributed by atoms with Gasteiger partial charge in [-0.15, -0.1) is 0 Å². The molecule has 0 aliphatic heterocycles. The lowest BCUT2D eigenvalue weighted by atomic mass is 10.0. The van der Waals surface area contributed by atoms with Gasteiger partial charge in [-0.25, -0.2) is 0 Å². The molecule has 0 bridgehead atoms. The molecular formula is C18H21N3O3. The van der Waals surface area contributed by atoms with Crippen LogP contribution in [0, 0.1) is 17.0 Å². The van der Waals surface area contributed by atoms with E-state index >= 15 is 0 Å². The number of hydrogen-bond acceptors (Lipinski definition) is 4. The van der Waals surface area contributed by atoms with Gasteiger partial charge in [0.25, 0.3) is 11.6 Å². The number of anilines is 1. The van der Waals surface area contributed by atoms with Gasteiger partial charge >= 0.3 is 0 Å². The van der Waals surface area contributed by atoms with E-state index in [1.165, 1.54) is 23.8 Å². The smallest absolute Gasteiger partial charge is 0.270 e. The highest BCUT2D eigenvalue weighted by Gasteiger charge is 2.22. The van der Waals surface area contributed by atoms with Crippen molar-refractivity contribution >= 4 is 17.3 Å². The van der Waals surface area contributed by atoms with Crippen LogP contribution in [0.4, 0.5) is 11.4 Å². The summed E-state index contributed by atoms with van der Waals surface area (Å²) in [7, 11) is 1.68. The van der Waals surface area contributed by atoms with E-state index in [2.05, 4.69) is 0 Å². The fraction of sp³-hybridized carbons (Fsp3) is 0.278. The highest BCUT2D eigenvalue weighted by molar-refractivity contribution is 5.99. The SMILES string of the molecule is Cc1ccc(C[C@H](C)N(C)C(=O)c2cc([N+](=O)[O-])ccc2N)cc1. The summed E-state index contributed by atoms with van der Waals surface area (Å²) < 4.78 is 0. The maximum absolute atomic E-state index is 12.6. The van der Waals surface area contributed by atoms with Crippen LogP contribution in [0.3, 0.4) is 0 Å². The summed E-state index contributed by atoms with van der Waals surface area (Å²) in [5.74, 6) is -0.323. The molecule has 0 aliphatic rings. The third-order valence-corrected chi connectivity index (χ3v) is 4.11. The molecule has 24 heavy (non-hydrogen) atoms. The Kier molecular flexibility index (Phi) is 5.18. The normalized spacial score (nSPS) is 11.8. The number of benzene rings is 2. The Bertz CT molecular complexity index is 757. The quantitative estimate of drug-likeness (QED) is 0.519. The molecule has 0 fully saturated rings. The zero-order chi connectivity index (χ0) is 17.9. The van der Waals surface area contributed by atoms with Crippen LogP contribution in [0.2, 0.25) is 0 Å². The van der Waals surface area contributed by atoms with Crippen molar-refractivity contribution in [2.75, 3.05) is 12.8 Å². The molecule has 0 aromatic heterocycles. The van der Waals surface area contributed by atoms with Crippen LogP contribution in [-0.4, -0.2) is 28.8 Å². The monoisotopic (exact) mass is 327 g/mol. The number of nitrogens with two attached hydrogens (primary N) is 1. The molecular weight excluding hydrogens is 306 g/mol. The van der Waals surface area contributed by atoms with E-state index < -0.39 is 4.92 Å². The van der Waals surface area contributed by atoms with E-state index in [0.717, 1.165) is 5.56 Å². The van der Waals surface area contributed by atoms with Crippen LogP contribution in [-0.2, 0) is 6.42 Å². The Morgan fingerprint density at radius 2 is 1.88 bits per heavy atom. The molecule has 0 aliphatic carbocycles. The molecule has 0 radical (unpaired) electrons. The molecule has 1 atom stereocenters. The molecule has 1 amide bonds. The number of likely N-dealkylation sites (N-methyl/N-ethyl adjacent to an activating group) is 1. The molecule has 0 unspecified atom stereocenters. The van der Waals surface area contributed by atoms with E-state index in [9.17, 15) is 14.9 Å². The van der Waals surface area contributed by atoms with Gasteiger partial charge in [-0.1, -0.05) is 29.8 Å². The summed E-state index contributed by atoms with van der Waals surface area (Å²) in [4.78, 5) is 24.6. The maximum atomic E-state index is 12.6. The maximum Gasteiger partial charge on any atom is 0.270 e. The third kappa shape index (κ3) is 3.90. The van der Waals surface area contributed by atoms with Crippen LogP contribution in [0.15, 0.2) is 42.5 Å². The summed E-state index contributed by atoms with van der Waals surface area (Å²) in [6.07, 6.45) is 0.692. The van der Waals surface area contributed by atoms with Crippen LogP contribution in [0.5, 0.6) is 0 Å². The van der Waals surface area contributed by atoms with Crippen LogP contribution >= 0.6 is 0 Å². The number of non-ortho nitro benzene ring substituents is 1. The Labute approximate surface area is 141 Å². The zero-order valence-electron chi connectivity index (χ0n) is 14.0. The number of hydrogen-bond donors (Lipinski definition) is 1. The number of aryl methyl sites for hydroxylation is 1. The number of nitrogens with zero attached hydrogens (tertiary/aromatic N) is 2. The van der Waals surface area contributed by atoms with E-state index in [0.29, 0.717) is 6.42 Å². The van der Waals surface area contributed by atoms with Crippen LogP contribution in [0.25, 0.3) is 0 Å². The van der Waals surface area contributed by atoms with Gasteiger partial charge in [-0.3, -0.25) is 14.9 Å². The Balaban J connectivity index is 2.17. The molecule has 2 aromatic carbocycles. The number of carbonyl (C=O) groups is 1. The van der Waals surface area contributed by atoms with Gasteiger partial charge in [0.1, 0.15) is 0 Å². The minimum absolute atomic E-state index is 0.0705. The Hall–Kier alpha value is -2.89. The predicted octanol–water partition coefficient (Wildman–Crippen LogP) is 3.19. The number of nitrogen functional groups attached to an aromatic ring is 1. The number of rotatable bonds is 5. The zero-order valence-corrected chi connectivity index (χ0v) is 14.0. The lowest BCUT2D eigenvalue weighted by Crippen LogP contribution is -2.36. The lowest BCUT2D eigenvalue weighted by molar-refractivity contribution is -0.384. The van der Waals surface area contributed by atoms with Crippen molar-refractivity contribution in [2.45, 2.75) is 26.3 Å². The Morgan fingerprint density at radius 3 is 2.46 bits per heavy atom. The van der Waals surface area contributed by atoms with Crippen molar-refractivity contribution < 1.29 is 9.72 Å². The van der Waals surface area contributed by atoms with E-state index in [1.54, 1.807) is 11.9 Å². The average Bonchev–Trinajstić information content (AvgIpc) is 2.55. The highest BCUT2D eigenvalue weighted by atomic mass is 16.6. The molecule has 6 nitrogen and oxygen atoms in total. The molecule has 2 aromatic rings. The summed E-state index contributed by atoms with van der Waals surface area (Å²) in [6, 6.07) is 12.0. The first kappa shape index (κ1) is 17.5. The molecule has 0 spiro atoms. The lowest BCUT2D eigenvalue weighted by Gasteiger charge is -2.25. The van der Waals surface area contributed by atoms with Gasteiger partial charge in [0.15, 0.2) is 0 Å². The van der Waals surface area contributed by atoms with Crippen molar-refractivity contribution in [1.82, 2.24) is 4.90 Å². The standard InChI is InChI=1S/C18H21N3O3/c1-12-4-6-14(7-5-12)10-13(2)20(3)18(22)16-11-15(21(23)24)8-9-17(16)19/h4-9,11,13H,10,19H2,1-3H3/t13-/m0/s1. The fourth-order valence-electron chi connectivity index (χ4n) is 2.44. The Morgan fingerprint density at radius 1 is 1.25 bits per heavy atom. The van der Waals surface area contributed by atoms with E-state index in [1.807, 2.05) is 38.1 Å². The summed E-state index contributed by atoms with van der Waals surface area (Å²) in [6.45, 7) is 3.96. The average molecular weight is 327 g/mol. The second kappa shape index (κ2) is 7.12. The number of nitro benzene ring substituents is 1. The molecule has 2 N–H and O–H groups in total. The van der Waals surface area contributed by atoms with Gasteiger partial charge in [-0.2, -0.15) is 0 Å². The van der Waals surface area contributed by atoms with Crippen molar-refractivity contribution in [3.63, 3.8) is 0 Å². The van der Waals surface area contributed by atoms with Crippen molar-refractivity contribution in [3.8, 4) is 0 Å². The molecule has 126 valence electrons. The van der Waals surface area contributed by atoms with E-state index in [4.69, 9.17) is 5.73 Å². The van der Waals surface area contributed by atoms with Crippen LogP contribution in [0.1, 0.15) is 28.4 Å². The second-order valence-electron chi connectivity index (χ2n) is 5.98. The predicted molar refractivity (Wildman–Crippen MR) is 93.9 cm³/mol. The van der Waals surface area contributed by atoms with Crippen molar-refractivity contribution in [3.05, 3.63) is 69.3 Å². The number of carbonyl (C=O) groups excluding carboxylic acids is 1. The molecule has 6 heteroatoms. The van der Waals surface area contributed by atoms with Gasteiger partial charge < -0.3 is 10.6 Å². The minimum Gasteiger partial charge on any atom is -0.398 e. The first-order valence-electron chi connectivity index (χ1n) is 7.66. The van der Waals surface area contributed by atoms with Crippen LogP contribution < -0.4 is 5.73 Å². The van der Waals surface area contributed by atoms with E-state index in [-0.39, 0.29) is 28.9 Å².